The van der Waals surface area contributed by atoms with Crippen molar-refractivity contribution >= 4 is 27.2 Å². The van der Waals surface area contributed by atoms with Crippen LogP contribution in [0.25, 0.3) is 0 Å². The van der Waals surface area contributed by atoms with Crippen LogP contribution in [-0.2, 0) is 9.84 Å². The molecule has 0 saturated carbocycles. The van der Waals surface area contributed by atoms with Gasteiger partial charge in [-0.2, -0.15) is 0 Å². The lowest BCUT2D eigenvalue weighted by molar-refractivity contribution is 0.0708. The first-order chi connectivity index (χ1) is 12.4. The normalized spacial score (nSPS) is 18.5. The number of hydrogen-bond acceptors (Lipinski definition) is 5. The Kier molecular flexibility index (Phi) is 5.22. The van der Waals surface area contributed by atoms with Crippen molar-refractivity contribution in [2.45, 2.75) is 19.4 Å². The van der Waals surface area contributed by atoms with E-state index in [9.17, 15) is 17.6 Å². The van der Waals surface area contributed by atoms with Gasteiger partial charge in [-0.15, -0.1) is 0 Å². The van der Waals surface area contributed by atoms with Gasteiger partial charge in [0.1, 0.15) is 11.6 Å². The zero-order valence-electron chi connectivity index (χ0n) is 14.4. The predicted octanol–water partition coefficient (Wildman–Crippen LogP) is 2.61. The van der Waals surface area contributed by atoms with Crippen LogP contribution in [0.15, 0.2) is 42.6 Å². The highest BCUT2D eigenvalue weighted by Crippen LogP contribution is 2.21. The molecule has 1 N–H and O–H groups in total. The first-order valence-electron chi connectivity index (χ1n) is 8.38. The van der Waals surface area contributed by atoms with Crippen molar-refractivity contribution in [3.05, 3.63) is 54.0 Å². The molecule has 0 bridgehead atoms. The second-order valence-corrected chi connectivity index (χ2v) is 8.44. The Bertz CT molecular complexity index is 883. The molecule has 1 aromatic carbocycles. The molecule has 1 saturated heterocycles. The van der Waals surface area contributed by atoms with E-state index in [1.807, 2.05) is 6.92 Å². The molecule has 6 nitrogen and oxygen atoms in total. The number of benzene rings is 1. The molecule has 0 radical (unpaired) electrons. The number of pyridine rings is 1. The van der Waals surface area contributed by atoms with Gasteiger partial charge in [0.15, 0.2) is 9.84 Å². The lowest BCUT2D eigenvalue weighted by Crippen LogP contribution is -2.41. The van der Waals surface area contributed by atoms with Crippen LogP contribution in [0.5, 0.6) is 0 Å². The smallest absolute Gasteiger partial charge is 0.255 e. The Morgan fingerprint density at radius 1 is 1.27 bits per heavy atom. The molecule has 0 spiro atoms. The van der Waals surface area contributed by atoms with E-state index in [0.717, 1.165) is 0 Å². The van der Waals surface area contributed by atoms with Gasteiger partial charge < -0.3 is 10.2 Å². The topological polar surface area (TPSA) is 79.4 Å². The van der Waals surface area contributed by atoms with E-state index in [1.165, 1.54) is 18.3 Å². The highest BCUT2D eigenvalue weighted by molar-refractivity contribution is 7.91. The van der Waals surface area contributed by atoms with Crippen LogP contribution in [0.2, 0.25) is 0 Å². The number of nitrogens with one attached hydrogen (secondary N) is 1. The largest absolute Gasteiger partial charge is 0.340 e. The van der Waals surface area contributed by atoms with Crippen molar-refractivity contribution < 1.29 is 17.6 Å². The van der Waals surface area contributed by atoms with Crippen molar-refractivity contribution in [1.82, 2.24) is 9.88 Å². The number of nitrogens with zero attached hydrogens (tertiary/aromatic N) is 2. The van der Waals surface area contributed by atoms with Crippen LogP contribution in [0.3, 0.4) is 0 Å². The molecule has 8 heteroatoms. The summed E-state index contributed by atoms with van der Waals surface area (Å²) in [6.07, 6.45) is 1.93. The van der Waals surface area contributed by atoms with Crippen molar-refractivity contribution in [3.8, 4) is 0 Å². The number of amides is 1. The Hall–Kier alpha value is -2.48. The second-order valence-electron chi connectivity index (χ2n) is 6.21. The fourth-order valence-electron chi connectivity index (χ4n) is 3.03. The highest BCUT2D eigenvalue weighted by atomic mass is 32.2. The predicted molar refractivity (Wildman–Crippen MR) is 97.7 cm³/mol. The molecule has 1 aliphatic rings. The standard InChI is InChI=1S/C18H20FN3O3S/c1-2-22(16-9-10-26(24,25)12-16)18(23)13-3-8-17(20-11-13)21-15-6-4-14(19)5-7-15/h3-8,11,16H,2,9-10,12H2,1H3,(H,20,21). The minimum atomic E-state index is -3.06. The minimum Gasteiger partial charge on any atom is -0.340 e. The summed E-state index contributed by atoms with van der Waals surface area (Å²) < 4.78 is 36.3. The Morgan fingerprint density at radius 3 is 2.54 bits per heavy atom. The van der Waals surface area contributed by atoms with Gasteiger partial charge in [-0.25, -0.2) is 17.8 Å². The maximum Gasteiger partial charge on any atom is 0.255 e. The van der Waals surface area contributed by atoms with Gasteiger partial charge in [0, 0.05) is 24.5 Å². The molecule has 1 amide bonds. The van der Waals surface area contributed by atoms with Gasteiger partial charge in [-0.05, 0) is 49.7 Å². The Labute approximate surface area is 152 Å². The Morgan fingerprint density at radius 2 is 2.00 bits per heavy atom. The van der Waals surface area contributed by atoms with E-state index in [2.05, 4.69) is 10.3 Å². The molecular formula is C18H20FN3O3S. The summed E-state index contributed by atoms with van der Waals surface area (Å²) in [5.41, 5.74) is 1.09. The molecule has 1 fully saturated rings. The summed E-state index contributed by atoms with van der Waals surface area (Å²) in [6, 6.07) is 8.90. The van der Waals surface area contributed by atoms with Crippen LogP contribution in [0, 0.1) is 5.82 Å². The summed E-state index contributed by atoms with van der Waals surface area (Å²) in [7, 11) is -3.06. The number of anilines is 2. The first-order valence-corrected chi connectivity index (χ1v) is 10.2. The van der Waals surface area contributed by atoms with E-state index in [-0.39, 0.29) is 29.3 Å². The maximum atomic E-state index is 12.9. The number of carbonyl (C=O) groups is 1. The van der Waals surface area contributed by atoms with E-state index in [4.69, 9.17) is 0 Å². The van der Waals surface area contributed by atoms with Gasteiger partial charge in [0.05, 0.1) is 17.1 Å². The number of sulfone groups is 1. The average molecular weight is 377 g/mol. The molecule has 138 valence electrons. The number of rotatable bonds is 5. The van der Waals surface area contributed by atoms with E-state index in [1.54, 1.807) is 29.2 Å². The molecule has 3 rings (SSSR count). The quantitative estimate of drug-likeness (QED) is 0.866. The van der Waals surface area contributed by atoms with Crippen molar-refractivity contribution in [3.63, 3.8) is 0 Å². The molecule has 1 aromatic heterocycles. The van der Waals surface area contributed by atoms with Crippen LogP contribution >= 0.6 is 0 Å². The summed E-state index contributed by atoms with van der Waals surface area (Å²) >= 11 is 0. The molecule has 1 atom stereocenters. The summed E-state index contributed by atoms with van der Waals surface area (Å²) in [4.78, 5) is 18.5. The average Bonchev–Trinajstić information content (AvgIpc) is 2.98. The second kappa shape index (κ2) is 7.41. The van der Waals surface area contributed by atoms with Crippen molar-refractivity contribution in [2.24, 2.45) is 0 Å². The molecule has 2 heterocycles. The summed E-state index contributed by atoms with van der Waals surface area (Å²) in [6.45, 7) is 2.27. The van der Waals surface area contributed by atoms with Gasteiger partial charge in [-0.1, -0.05) is 0 Å². The molecule has 0 aliphatic carbocycles. The maximum absolute atomic E-state index is 12.9. The number of hydrogen-bond donors (Lipinski definition) is 1. The SMILES string of the molecule is CCN(C(=O)c1ccc(Nc2ccc(F)cc2)nc1)C1CCS(=O)(=O)C1. The minimum absolute atomic E-state index is 0.0181. The van der Waals surface area contributed by atoms with Gasteiger partial charge in [0.2, 0.25) is 0 Å². The van der Waals surface area contributed by atoms with Crippen LogP contribution in [0.4, 0.5) is 15.9 Å². The van der Waals surface area contributed by atoms with Crippen LogP contribution < -0.4 is 5.32 Å². The summed E-state index contributed by atoms with van der Waals surface area (Å²) in [5.74, 6) is 0.123. The molecular weight excluding hydrogens is 357 g/mol. The van der Waals surface area contributed by atoms with Gasteiger partial charge in [-0.3, -0.25) is 4.79 Å². The van der Waals surface area contributed by atoms with Crippen LogP contribution in [-0.4, -0.2) is 48.3 Å². The van der Waals surface area contributed by atoms with Gasteiger partial charge in [0.25, 0.3) is 5.91 Å². The number of carbonyl (C=O) groups excluding carboxylic acids is 1. The lowest BCUT2D eigenvalue weighted by atomic mass is 10.1. The van der Waals surface area contributed by atoms with Crippen molar-refractivity contribution in [2.75, 3.05) is 23.4 Å². The third kappa shape index (κ3) is 4.19. The molecule has 1 aliphatic heterocycles. The molecule has 1 unspecified atom stereocenters. The summed E-state index contributed by atoms with van der Waals surface area (Å²) in [5, 5.41) is 3.02. The van der Waals surface area contributed by atoms with Gasteiger partial charge >= 0.3 is 0 Å². The van der Waals surface area contributed by atoms with E-state index < -0.39 is 9.84 Å². The number of aromatic nitrogens is 1. The number of halogens is 1. The third-order valence-corrected chi connectivity index (χ3v) is 6.13. The highest BCUT2D eigenvalue weighted by Gasteiger charge is 2.34. The molecule has 2 aromatic rings. The zero-order chi connectivity index (χ0) is 18.7. The van der Waals surface area contributed by atoms with E-state index >= 15 is 0 Å². The first kappa shape index (κ1) is 18.3. The monoisotopic (exact) mass is 377 g/mol. The van der Waals surface area contributed by atoms with Crippen molar-refractivity contribution in [1.29, 1.82) is 0 Å². The van der Waals surface area contributed by atoms with E-state index in [0.29, 0.717) is 30.0 Å². The lowest BCUT2D eigenvalue weighted by Gasteiger charge is -2.26. The fourth-order valence-corrected chi connectivity index (χ4v) is 4.76. The fraction of sp³-hybridized carbons (Fsp3) is 0.333. The third-order valence-electron chi connectivity index (χ3n) is 4.38. The zero-order valence-corrected chi connectivity index (χ0v) is 15.2. The molecule has 26 heavy (non-hydrogen) atoms. The van der Waals surface area contributed by atoms with Crippen LogP contribution in [0.1, 0.15) is 23.7 Å². The Balaban J connectivity index is 1.70.